The quantitative estimate of drug-likeness (QED) is 0.158. The number of nitrogens with one attached hydrogen (secondary N) is 2. The molecule has 1 aromatic heterocycles. The Balaban J connectivity index is 0.000000260. The maximum atomic E-state index is 13.1. The summed E-state index contributed by atoms with van der Waals surface area (Å²) in [6.07, 6.45) is -6.93. The first kappa shape index (κ1) is 38.8. The average molecular weight is 781 g/mol. The summed E-state index contributed by atoms with van der Waals surface area (Å²) in [6, 6.07) is 15.9. The molecule has 2 N–H and O–H groups in total. The zero-order valence-corrected chi connectivity index (χ0v) is 28.3. The molecule has 6 rings (SSSR count). The normalized spacial score (nSPS) is 16.2. The lowest BCUT2D eigenvalue weighted by Gasteiger charge is -2.21. The third-order valence-electron chi connectivity index (χ3n) is 7.54. The van der Waals surface area contributed by atoms with Crippen molar-refractivity contribution in [1.29, 1.82) is 0 Å². The fourth-order valence-electron chi connectivity index (χ4n) is 5.07. The van der Waals surface area contributed by atoms with Gasteiger partial charge in [0.2, 0.25) is 5.91 Å². The number of benzene rings is 3. The number of imide groups is 2. The number of carbonyl (C=O) groups excluding carboxylic acids is 4. The van der Waals surface area contributed by atoms with E-state index in [1.54, 1.807) is 18.2 Å². The van der Waals surface area contributed by atoms with Crippen molar-refractivity contribution < 1.29 is 63.4 Å². The molecule has 2 aliphatic rings. The van der Waals surface area contributed by atoms with Crippen molar-refractivity contribution in [2.45, 2.75) is 37.1 Å². The molecule has 0 saturated carbocycles. The molecule has 3 aromatic carbocycles. The number of rotatable bonds is 9. The number of pyridine rings is 1. The summed E-state index contributed by atoms with van der Waals surface area (Å²) in [4.78, 5) is 55.4. The Morgan fingerprint density at radius 2 is 1.37 bits per heavy atom. The SMILES string of the molecule is CC1C(=O)N(c2ccc(OC(F)(F)F)cc2)C(=O)N1Cc1ccncc1NS(=O)(=O)c1ccccc1.O=C1CN(c2ccc(OC(F)(F)F)cc2)C(=O)N1. The highest BCUT2D eigenvalue weighted by Gasteiger charge is 2.44. The Bertz CT molecular complexity index is 2140. The van der Waals surface area contributed by atoms with E-state index in [1.807, 2.05) is 0 Å². The van der Waals surface area contributed by atoms with Gasteiger partial charge in [0.1, 0.15) is 24.1 Å². The highest BCUT2D eigenvalue weighted by molar-refractivity contribution is 7.92. The van der Waals surface area contributed by atoms with Gasteiger partial charge in [-0.25, -0.2) is 22.9 Å². The van der Waals surface area contributed by atoms with Gasteiger partial charge in [0.05, 0.1) is 29.0 Å². The molecule has 6 amide bonds. The molecule has 3 heterocycles. The summed E-state index contributed by atoms with van der Waals surface area (Å²) in [5.74, 6) is -1.94. The number of hydrogen-bond donors (Lipinski definition) is 2. The second-order valence-electron chi connectivity index (χ2n) is 11.2. The lowest BCUT2D eigenvalue weighted by atomic mass is 10.2. The second kappa shape index (κ2) is 15.3. The van der Waals surface area contributed by atoms with Crippen LogP contribution in [0.15, 0.2) is 102 Å². The van der Waals surface area contributed by atoms with Gasteiger partial charge in [-0.15, -0.1) is 26.3 Å². The maximum Gasteiger partial charge on any atom is 0.573 e. The first-order valence-corrected chi connectivity index (χ1v) is 16.8. The molecule has 1 atom stereocenters. The van der Waals surface area contributed by atoms with Crippen LogP contribution in [0.4, 0.5) is 53.0 Å². The number of ether oxygens (including phenoxy) is 2. The molecule has 54 heavy (non-hydrogen) atoms. The van der Waals surface area contributed by atoms with E-state index < -0.39 is 64.2 Å². The largest absolute Gasteiger partial charge is 0.573 e. The van der Waals surface area contributed by atoms with Gasteiger partial charge in [-0.3, -0.25) is 29.5 Å². The molecule has 0 spiro atoms. The number of urea groups is 2. The molecule has 0 radical (unpaired) electrons. The Morgan fingerprint density at radius 1 is 0.815 bits per heavy atom. The zero-order valence-electron chi connectivity index (χ0n) is 27.5. The van der Waals surface area contributed by atoms with Crippen LogP contribution < -0.4 is 29.3 Å². The number of halogens is 6. The maximum absolute atomic E-state index is 13.1. The van der Waals surface area contributed by atoms with Gasteiger partial charge in [-0.05, 0) is 79.2 Å². The van der Waals surface area contributed by atoms with Crippen molar-refractivity contribution in [3.05, 3.63) is 103 Å². The molecule has 2 fully saturated rings. The van der Waals surface area contributed by atoms with Crippen LogP contribution in [0.3, 0.4) is 0 Å². The monoisotopic (exact) mass is 780 g/mol. The van der Waals surface area contributed by atoms with Gasteiger partial charge in [0.15, 0.2) is 0 Å². The number of amides is 6. The Hall–Kier alpha value is -6.38. The third-order valence-corrected chi connectivity index (χ3v) is 8.92. The summed E-state index contributed by atoms with van der Waals surface area (Å²) in [7, 11) is -3.94. The first-order chi connectivity index (χ1) is 25.3. The molecule has 2 saturated heterocycles. The Kier molecular flexibility index (Phi) is 11.0. The minimum atomic E-state index is -4.88. The molecular weight excluding hydrogens is 754 g/mol. The summed E-state index contributed by atoms with van der Waals surface area (Å²) in [5.41, 5.74) is 0.885. The van der Waals surface area contributed by atoms with Crippen LogP contribution in [0.2, 0.25) is 0 Å². The number of anilines is 3. The van der Waals surface area contributed by atoms with E-state index in [1.165, 1.54) is 66.7 Å². The van der Waals surface area contributed by atoms with Gasteiger partial charge in [0.25, 0.3) is 15.9 Å². The average Bonchev–Trinajstić information content (AvgIpc) is 3.54. The molecule has 0 bridgehead atoms. The van der Waals surface area contributed by atoms with Crippen molar-refractivity contribution in [3.63, 3.8) is 0 Å². The number of nitrogens with zero attached hydrogens (tertiary/aromatic N) is 4. The van der Waals surface area contributed by atoms with Gasteiger partial charge in [0, 0.05) is 11.9 Å². The summed E-state index contributed by atoms with van der Waals surface area (Å²) in [6.45, 7) is 1.21. The predicted octanol–water partition coefficient (Wildman–Crippen LogP) is 5.78. The summed E-state index contributed by atoms with van der Waals surface area (Å²) in [5, 5.41) is 2.06. The van der Waals surface area contributed by atoms with E-state index in [4.69, 9.17) is 0 Å². The standard InChI is InChI=1S/C23H19F3N4O5S.C10H7F3N2O3/c1-15-21(31)30(17-7-9-18(10-8-17)35-23(24,25)26)22(32)29(15)14-16-11-12-27-13-20(16)28-36(33,34)19-5-3-2-4-6-19;11-10(12,13)18-7-3-1-6(2-4-7)15-5-8(16)14-9(15)17/h2-13,15,28H,14H2,1H3;1-4H,5H2,(H,14,16,17). The summed E-state index contributed by atoms with van der Waals surface area (Å²) >= 11 is 0. The van der Waals surface area contributed by atoms with E-state index in [0.29, 0.717) is 11.3 Å². The number of alkyl halides is 6. The molecular formula is C33H26F6N6O8S. The van der Waals surface area contributed by atoms with Crippen molar-refractivity contribution >= 4 is 51.0 Å². The van der Waals surface area contributed by atoms with Crippen LogP contribution in [-0.4, -0.2) is 67.5 Å². The van der Waals surface area contributed by atoms with Crippen LogP contribution in [0.25, 0.3) is 0 Å². The van der Waals surface area contributed by atoms with Crippen LogP contribution in [-0.2, 0) is 26.2 Å². The van der Waals surface area contributed by atoms with Crippen LogP contribution in [0.5, 0.6) is 11.5 Å². The minimum absolute atomic E-state index is 0.0322. The predicted molar refractivity (Wildman–Crippen MR) is 177 cm³/mol. The fraction of sp³-hybridized carbons (Fsp3) is 0.182. The highest BCUT2D eigenvalue weighted by atomic mass is 32.2. The molecule has 14 nitrogen and oxygen atoms in total. The zero-order chi connectivity index (χ0) is 39.4. The van der Waals surface area contributed by atoms with Crippen LogP contribution in [0.1, 0.15) is 12.5 Å². The topological polar surface area (TPSA) is 168 Å². The van der Waals surface area contributed by atoms with Crippen LogP contribution >= 0.6 is 0 Å². The van der Waals surface area contributed by atoms with Gasteiger partial charge < -0.3 is 14.4 Å². The van der Waals surface area contributed by atoms with Crippen molar-refractivity contribution in [2.24, 2.45) is 0 Å². The lowest BCUT2D eigenvalue weighted by Crippen LogP contribution is -2.33. The molecule has 0 aliphatic carbocycles. The minimum Gasteiger partial charge on any atom is -0.406 e. The summed E-state index contributed by atoms with van der Waals surface area (Å²) < 4.78 is 108. The lowest BCUT2D eigenvalue weighted by molar-refractivity contribution is -0.275. The highest BCUT2D eigenvalue weighted by Crippen LogP contribution is 2.31. The van der Waals surface area contributed by atoms with Crippen molar-refractivity contribution in [2.75, 3.05) is 21.1 Å². The Labute approximate surface area is 301 Å². The van der Waals surface area contributed by atoms with Crippen molar-refractivity contribution in [1.82, 2.24) is 15.2 Å². The van der Waals surface area contributed by atoms with E-state index >= 15 is 0 Å². The molecule has 1 unspecified atom stereocenters. The molecule has 2 aliphatic heterocycles. The van der Waals surface area contributed by atoms with E-state index in [9.17, 15) is 53.9 Å². The smallest absolute Gasteiger partial charge is 0.406 e. The number of carbonyl (C=O) groups is 4. The van der Waals surface area contributed by atoms with Gasteiger partial charge in [-0.2, -0.15) is 0 Å². The van der Waals surface area contributed by atoms with E-state index in [-0.39, 0.29) is 29.4 Å². The fourth-order valence-corrected chi connectivity index (χ4v) is 6.17. The second-order valence-corrected chi connectivity index (χ2v) is 12.9. The van der Waals surface area contributed by atoms with Gasteiger partial charge in [-0.1, -0.05) is 18.2 Å². The third kappa shape index (κ3) is 9.53. The van der Waals surface area contributed by atoms with Crippen LogP contribution in [0, 0.1) is 0 Å². The molecule has 21 heteroatoms. The molecule has 284 valence electrons. The molecule has 4 aromatic rings. The van der Waals surface area contributed by atoms with Gasteiger partial charge >= 0.3 is 24.8 Å². The number of aromatic nitrogens is 1. The first-order valence-electron chi connectivity index (χ1n) is 15.3. The Morgan fingerprint density at radius 3 is 1.89 bits per heavy atom. The number of hydrogen-bond acceptors (Lipinski definition) is 9. The number of sulfonamides is 1. The van der Waals surface area contributed by atoms with E-state index in [2.05, 4.69) is 24.5 Å². The van der Waals surface area contributed by atoms with Crippen molar-refractivity contribution in [3.8, 4) is 11.5 Å². The van der Waals surface area contributed by atoms with E-state index in [0.717, 1.165) is 34.1 Å².